The van der Waals surface area contributed by atoms with Crippen LogP contribution in [-0.2, 0) is 9.59 Å². The van der Waals surface area contributed by atoms with Crippen LogP contribution in [0.1, 0.15) is 50.5 Å². The predicted molar refractivity (Wildman–Crippen MR) is 88.7 cm³/mol. The van der Waals surface area contributed by atoms with Crippen LogP contribution in [0.25, 0.3) is 0 Å². The fourth-order valence-corrected chi connectivity index (χ4v) is 2.88. The molecule has 6 nitrogen and oxygen atoms in total. The molecule has 0 bridgehead atoms. The van der Waals surface area contributed by atoms with E-state index in [-0.39, 0.29) is 12.5 Å². The molecular weight excluding hydrogens is 306 g/mol. The Labute approximate surface area is 142 Å². The van der Waals surface area contributed by atoms with Gasteiger partial charge in [0.25, 0.3) is 5.91 Å². The molecule has 0 aliphatic heterocycles. The molecule has 0 heterocycles. The number of carbonyl (C=O) groups excluding carboxylic acids is 2. The van der Waals surface area contributed by atoms with Gasteiger partial charge in [-0.15, -0.1) is 0 Å². The number of para-hydroxylation sites is 1. The Morgan fingerprint density at radius 1 is 1.12 bits per heavy atom. The fourth-order valence-electron chi connectivity index (χ4n) is 2.88. The van der Waals surface area contributed by atoms with Crippen molar-refractivity contribution in [3.63, 3.8) is 0 Å². The lowest BCUT2D eigenvalue weighted by molar-refractivity contribution is -0.130. The highest BCUT2D eigenvalue weighted by Gasteiger charge is 2.15. The summed E-state index contributed by atoms with van der Waals surface area (Å²) in [6, 6.07) is 8.67. The number of nitrogens with zero attached hydrogens (tertiary/aromatic N) is 1. The first-order valence-electron chi connectivity index (χ1n) is 8.38. The zero-order chi connectivity index (χ0) is 17.2. The molecule has 6 heteroatoms. The molecule has 0 aromatic heterocycles. The van der Waals surface area contributed by atoms with Crippen LogP contribution < -0.4 is 15.6 Å². The molecule has 2 rings (SSSR count). The van der Waals surface area contributed by atoms with E-state index in [1.165, 1.54) is 32.1 Å². The molecular formula is C18H23N3O3. The smallest absolute Gasteiger partial charge is 0.276 e. The van der Waals surface area contributed by atoms with Gasteiger partial charge in [-0.1, -0.05) is 44.2 Å². The number of hydrogen-bond acceptors (Lipinski definition) is 4. The minimum atomic E-state index is -0.464. The zero-order valence-corrected chi connectivity index (χ0v) is 13.7. The molecule has 1 fully saturated rings. The maximum absolute atomic E-state index is 11.8. The molecule has 0 saturated heterocycles. The molecule has 0 spiro atoms. The average Bonchev–Trinajstić information content (AvgIpc) is 2.64. The van der Waals surface area contributed by atoms with E-state index in [9.17, 15) is 9.59 Å². The van der Waals surface area contributed by atoms with Crippen LogP contribution >= 0.6 is 0 Å². The highest BCUT2D eigenvalue weighted by Crippen LogP contribution is 2.27. The third kappa shape index (κ3) is 5.92. The Kier molecular flexibility index (Phi) is 7.09. The summed E-state index contributed by atoms with van der Waals surface area (Å²) in [5.74, 6) is 0.324. The second-order valence-electron chi connectivity index (χ2n) is 6.04. The van der Waals surface area contributed by atoms with Gasteiger partial charge < -0.3 is 4.74 Å². The second kappa shape index (κ2) is 9.56. The van der Waals surface area contributed by atoms with Crippen molar-refractivity contribution in [2.45, 2.75) is 44.9 Å². The van der Waals surface area contributed by atoms with Gasteiger partial charge in [0.1, 0.15) is 11.8 Å². The molecule has 1 aliphatic rings. The summed E-state index contributed by atoms with van der Waals surface area (Å²) in [6.45, 7) is -0.262. The van der Waals surface area contributed by atoms with E-state index < -0.39 is 5.91 Å². The number of nitrogens with one attached hydrogen (secondary N) is 2. The molecule has 128 valence electrons. The summed E-state index contributed by atoms with van der Waals surface area (Å²) in [4.78, 5) is 23.4. The lowest BCUT2D eigenvalue weighted by Gasteiger charge is -2.21. The van der Waals surface area contributed by atoms with Crippen LogP contribution in [0.3, 0.4) is 0 Å². The van der Waals surface area contributed by atoms with E-state index in [1.54, 1.807) is 24.3 Å². The third-order valence-electron chi connectivity index (χ3n) is 4.21. The Balaban J connectivity index is 1.63. The summed E-state index contributed by atoms with van der Waals surface area (Å²) in [5, 5.41) is 8.94. The molecule has 1 aromatic carbocycles. The second-order valence-corrected chi connectivity index (χ2v) is 6.04. The minimum absolute atomic E-state index is 0.189. The maximum Gasteiger partial charge on any atom is 0.276 e. The molecule has 1 aromatic rings. The van der Waals surface area contributed by atoms with Crippen molar-refractivity contribution in [2.24, 2.45) is 5.92 Å². The molecule has 24 heavy (non-hydrogen) atoms. The quantitative estimate of drug-likeness (QED) is 0.784. The predicted octanol–water partition coefficient (Wildman–Crippen LogP) is 2.44. The van der Waals surface area contributed by atoms with Gasteiger partial charge in [-0.25, -0.2) is 0 Å². The molecule has 0 radical (unpaired) electrons. The Hall–Kier alpha value is -2.55. The van der Waals surface area contributed by atoms with Gasteiger partial charge in [0.15, 0.2) is 6.61 Å². The first-order chi connectivity index (χ1) is 11.7. The number of rotatable bonds is 6. The number of amides is 2. The van der Waals surface area contributed by atoms with E-state index in [1.807, 2.05) is 6.07 Å². The highest BCUT2D eigenvalue weighted by molar-refractivity contribution is 5.82. The van der Waals surface area contributed by atoms with E-state index in [0.29, 0.717) is 23.7 Å². The molecule has 2 amide bonds. The van der Waals surface area contributed by atoms with Crippen LogP contribution in [0.2, 0.25) is 0 Å². The monoisotopic (exact) mass is 329 g/mol. The molecule has 0 atom stereocenters. The van der Waals surface area contributed by atoms with E-state index in [0.717, 1.165) is 6.42 Å². The van der Waals surface area contributed by atoms with E-state index >= 15 is 0 Å². The van der Waals surface area contributed by atoms with Gasteiger partial charge in [0.2, 0.25) is 5.91 Å². The highest BCUT2D eigenvalue weighted by atomic mass is 16.5. The number of hydrazine groups is 1. The largest absolute Gasteiger partial charge is 0.482 e. The van der Waals surface area contributed by atoms with Crippen LogP contribution in [0.5, 0.6) is 5.75 Å². The number of nitriles is 1. The maximum atomic E-state index is 11.8. The van der Waals surface area contributed by atoms with E-state index in [2.05, 4.69) is 10.9 Å². The summed E-state index contributed by atoms with van der Waals surface area (Å²) in [6.07, 6.45) is 7.50. The van der Waals surface area contributed by atoms with E-state index in [4.69, 9.17) is 10.00 Å². The van der Waals surface area contributed by atoms with Crippen LogP contribution in [0, 0.1) is 17.2 Å². The number of hydrogen-bond donors (Lipinski definition) is 2. The lowest BCUT2D eigenvalue weighted by Crippen LogP contribution is -2.43. The van der Waals surface area contributed by atoms with Gasteiger partial charge >= 0.3 is 0 Å². The van der Waals surface area contributed by atoms with Gasteiger partial charge in [-0.3, -0.25) is 20.4 Å². The minimum Gasteiger partial charge on any atom is -0.482 e. The van der Waals surface area contributed by atoms with Crippen molar-refractivity contribution in [3.8, 4) is 11.8 Å². The van der Waals surface area contributed by atoms with Crippen molar-refractivity contribution in [2.75, 3.05) is 6.61 Å². The summed E-state index contributed by atoms with van der Waals surface area (Å²) < 4.78 is 5.29. The number of carbonyl (C=O) groups is 2. The number of benzene rings is 1. The summed E-state index contributed by atoms with van der Waals surface area (Å²) in [7, 11) is 0. The Morgan fingerprint density at radius 3 is 2.58 bits per heavy atom. The summed E-state index contributed by atoms with van der Waals surface area (Å²) >= 11 is 0. The first-order valence-corrected chi connectivity index (χ1v) is 8.38. The molecule has 1 saturated carbocycles. The third-order valence-corrected chi connectivity index (χ3v) is 4.21. The van der Waals surface area contributed by atoms with Crippen molar-refractivity contribution in [3.05, 3.63) is 29.8 Å². The molecule has 0 unspecified atom stereocenters. The van der Waals surface area contributed by atoms with Crippen molar-refractivity contribution in [1.29, 1.82) is 5.26 Å². The van der Waals surface area contributed by atoms with Crippen LogP contribution in [0.15, 0.2) is 24.3 Å². The number of ether oxygens (including phenoxy) is 1. The lowest BCUT2D eigenvalue weighted by atomic mass is 9.86. The Morgan fingerprint density at radius 2 is 1.83 bits per heavy atom. The van der Waals surface area contributed by atoms with Crippen molar-refractivity contribution in [1.82, 2.24) is 10.9 Å². The van der Waals surface area contributed by atoms with Gasteiger partial charge in [0, 0.05) is 6.42 Å². The van der Waals surface area contributed by atoms with Crippen molar-refractivity contribution >= 4 is 11.8 Å². The molecule has 1 aliphatic carbocycles. The normalized spacial score (nSPS) is 14.5. The summed E-state index contributed by atoms with van der Waals surface area (Å²) in [5.41, 5.74) is 5.10. The average molecular weight is 329 g/mol. The van der Waals surface area contributed by atoms with Crippen LogP contribution in [-0.4, -0.2) is 18.4 Å². The van der Waals surface area contributed by atoms with Crippen molar-refractivity contribution < 1.29 is 14.3 Å². The van der Waals surface area contributed by atoms with Crippen LogP contribution in [0.4, 0.5) is 0 Å². The van der Waals surface area contributed by atoms with Gasteiger partial charge in [0.05, 0.1) is 5.56 Å². The topological polar surface area (TPSA) is 91.2 Å². The first kappa shape index (κ1) is 17.8. The standard InChI is InChI=1S/C18H23N3O3/c19-12-15-8-4-5-9-16(15)24-13-18(23)21-20-17(22)11-10-14-6-2-1-3-7-14/h4-5,8-9,14H,1-3,6-7,10-11,13H2,(H,20,22)(H,21,23). The Bertz CT molecular complexity index is 604. The molecule has 2 N–H and O–H groups in total. The van der Waals surface area contributed by atoms with Gasteiger partial charge in [-0.2, -0.15) is 5.26 Å². The SMILES string of the molecule is N#Cc1ccccc1OCC(=O)NNC(=O)CCC1CCCCC1. The fraction of sp³-hybridized carbons (Fsp3) is 0.500. The van der Waals surface area contributed by atoms with Gasteiger partial charge in [-0.05, 0) is 24.5 Å². The zero-order valence-electron chi connectivity index (χ0n) is 13.7.